The summed E-state index contributed by atoms with van der Waals surface area (Å²) < 4.78 is 81.4. The highest BCUT2D eigenvalue weighted by molar-refractivity contribution is 6.03. The van der Waals surface area contributed by atoms with E-state index in [1.807, 2.05) is 25.1 Å². The van der Waals surface area contributed by atoms with Crippen molar-refractivity contribution >= 4 is 17.4 Å². The number of aliphatic hydroxyl groups excluding tert-OH is 2. The predicted octanol–water partition coefficient (Wildman–Crippen LogP) is 5.97. The first-order chi connectivity index (χ1) is 19.4. The molecule has 6 nitrogen and oxygen atoms in total. The van der Waals surface area contributed by atoms with E-state index >= 15 is 0 Å². The van der Waals surface area contributed by atoms with Gasteiger partial charge in [0.1, 0.15) is 5.82 Å². The third-order valence-electron chi connectivity index (χ3n) is 7.71. The van der Waals surface area contributed by atoms with Crippen molar-refractivity contribution in [3.05, 3.63) is 77.0 Å². The van der Waals surface area contributed by atoms with E-state index in [0.717, 1.165) is 5.56 Å². The number of hydrogen-bond donors (Lipinski definition) is 2. The zero-order valence-electron chi connectivity index (χ0n) is 23.4. The van der Waals surface area contributed by atoms with Crippen molar-refractivity contribution in [1.29, 1.82) is 0 Å². The molecule has 0 unspecified atom stereocenters. The summed E-state index contributed by atoms with van der Waals surface area (Å²) in [5.74, 6) is -0.329. The molecule has 2 N–H and O–H groups in total. The van der Waals surface area contributed by atoms with Gasteiger partial charge in [0.2, 0.25) is 5.91 Å². The number of aliphatic hydroxyl groups is 2. The summed E-state index contributed by atoms with van der Waals surface area (Å²) in [6, 6.07) is 9.75. The van der Waals surface area contributed by atoms with Crippen LogP contribution in [0.25, 0.3) is 11.1 Å². The van der Waals surface area contributed by atoms with Crippen molar-refractivity contribution in [1.82, 2.24) is 4.98 Å². The number of alkyl halides is 6. The molecule has 3 aromatic rings. The van der Waals surface area contributed by atoms with Crippen molar-refractivity contribution in [3.63, 3.8) is 0 Å². The van der Waals surface area contributed by atoms with Crippen LogP contribution < -0.4 is 9.80 Å². The van der Waals surface area contributed by atoms with Crippen LogP contribution in [-0.2, 0) is 22.6 Å². The van der Waals surface area contributed by atoms with Crippen molar-refractivity contribution in [2.75, 3.05) is 30.0 Å². The number of likely N-dealkylation sites (N-methyl/N-ethyl adjacent to an activating group) is 1. The fourth-order valence-corrected chi connectivity index (χ4v) is 5.27. The molecule has 2 atom stereocenters. The van der Waals surface area contributed by atoms with Crippen molar-refractivity contribution in [3.8, 4) is 11.1 Å². The summed E-state index contributed by atoms with van der Waals surface area (Å²) in [5, 5.41) is 20.0. The van der Waals surface area contributed by atoms with E-state index in [2.05, 4.69) is 4.98 Å². The standard InChI is InChI=1S/C30H31F6N3O3/c1-17-7-5-6-8-23(17)24-13-26(39-15-22(41)12-21(39)16-40)37-14-25(24)38(4)27(42)28(2,3)18-9-19(29(31,32)33)11-20(10-18)30(34,35)36/h5-11,13-14,21-22,40-41H,12,15-16H2,1-4H3/t21-,22+/m1/s1. The number of carbonyl (C=O) groups is 1. The predicted molar refractivity (Wildman–Crippen MR) is 146 cm³/mol. The Hall–Kier alpha value is -3.64. The van der Waals surface area contributed by atoms with Crippen LogP contribution in [0.4, 0.5) is 37.8 Å². The Balaban J connectivity index is 1.82. The van der Waals surface area contributed by atoms with Gasteiger partial charge in [-0.1, -0.05) is 24.3 Å². The minimum Gasteiger partial charge on any atom is -0.394 e. The van der Waals surface area contributed by atoms with Crippen LogP contribution in [0.2, 0.25) is 0 Å². The highest BCUT2D eigenvalue weighted by atomic mass is 19.4. The number of pyridine rings is 1. The van der Waals surface area contributed by atoms with Crippen LogP contribution in [0.5, 0.6) is 0 Å². The SMILES string of the molecule is Cc1ccccc1-c1cc(N2C[C@@H](O)C[C@@H]2CO)ncc1N(C)C(=O)C(C)(C)c1cc(C(F)(F)F)cc(C(F)(F)F)c1. The molecule has 2 heterocycles. The number of aromatic nitrogens is 1. The number of hydrogen-bond acceptors (Lipinski definition) is 5. The van der Waals surface area contributed by atoms with Crippen LogP contribution in [0, 0.1) is 6.92 Å². The van der Waals surface area contributed by atoms with E-state index in [1.165, 1.54) is 32.0 Å². The van der Waals surface area contributed by atoms with E-state index in [0.29, 0.717) is 35.5 Å². The van der Waals surface area contributed by atoms with Crippen LogP contribution in [0.3, 0.4) is 0 Å². The Labute approximate surface area is 239 Å². The fourth-order valence-electron chi connectivity index (χ4n) is 5.27. The van der Waals surface area contributed by atoms with Gasteiger partial charge >= 0.3 is 12.4 Å². The Morgan fingerprint density at radius 1 is 0.976 bits per heavy atom. The van der Waals surface area contributed by atoms with Gasteiger partial charge in [0.25, 0.3) is 0 Å². The normalized spacial score (nSPS) is 18.0. The van der Waals surface area contributed by atoms with Crippen molar-refractivity contribution in [2.24, 2.45) is 0 Å². The quantitative estimate of drug-likeness (QED) is 0.344. The lowest BCUT2D eigenvalue weighted by molar-refractivity contribution is -0.143. The third kappa shape index (κ3) is 6.10. The lowest BCUT2D eigenvalue weighted by atomic mass is 9.81. The number of nitrogens with zero attached hydrogens (tertiary/aromatic N) is 3. The Morgan fingerprint density at radius 3 is 2.10 bits per heavy atom. The highest BCUT2D eigenvalue weighted by Crippen LogP contribution is 2.41. The molecule has 42 heavy (non-hydrogen) atoms. The first kappa shape index (κ1) is 31.3. The molecule has 1 aromatic heterocycles. The number of benzene rings is 2. The van der Waals surface area contributed by atoms with Gasteiger partial charge in [0.05, 0.1) is 47.2 Å². The smallest absolute Gasteiger partial charge is 0.394 e. The number of rotatable bonds is 6. The first-order valence-corrected chi connectivity index (χ1v) is 13.1. The Morgan fingerprint density at radius 2 is 1.55 bits per heavy atom. The van der Waals surface area contributed by atoms with Gasteiger partial charge in [-0.25, -0.2) is 4.98 Å². The monoisotopic (exact) mass is 595 g/mol. The molecule has 0 aliphatic carbocycles. The summed E-state index contributed by atoms with van der Waals surface area (Å²) in [5.41, 5.74) is -2.91. The van der Waals surface area contributed by atoms with Gasteiger partial charge in [-0.2, -0.15) is 26.3 Å². The molecule has 2 aromatic carbocycles. The number of aryl methyl sites for hydroxylation is 1. The summed E-state index contributed by atoms with van der Waals surface area (Å²) in [7, 11) is 1.39. The largest absolute Gasteiger partial charge is 0.416 e. The van der Waals surface area contributed by atoms with Crippen LogP contribution in [0.15, 0.2) is 54.7 Å². The highest BCUT2D eigenvalue weighted by Gasteiger charge is 2.41. The van der Waals surface area contributed by atoms with Crippen LogP contribution in [0.1, 0.15) is 42.5 Å². The number of amides is 1. The minimum atomic E-state index is -5.06. The summed E-state index contributed by atoms with van der Waals surface area (Å²) in [6.07, 6.45) is -9.06. The third-order valence-corrected chi connectivity index (χ3v) is 7.71. The van der Waals surface area contributed by atoms with Gasteiger partial charge in [0.15, 0.2) is 0 Å². The van der Waals surface area contributed by atoms with Gasteiger partial charge in [-0.15, -0.1) is 0 Å². The Bertz CT molecular complexity index is 1440. The molecule has 0 bridgehead atoms. The second kappa shape index (κ2) is 11.2. The maximum absolute atomic E-state index is 13.9. The molecule has 1 amide bonds. The molecule has 4 rings (SSSR count). The van der Waals surface area contributed by atoms with E-state index in [1.54, 1.807) is 17.0 Å². The number of carbonyl (C=O) groups excluding carboxylic acids is 1. The zero-order chi connectivity index (χ0) is 31.2. The van der Waals surface area contributed by atoms with E-state index in [-0.39, 0.29) is 30.9 Å². The average Bonchev–Trinajstić information content (AvgIpc) is 3.31. The van der Waals surface area contributed by atoms with Gasteiger partial charge < -0.3 is 20.0 Å². The number of halogens is 6. The van der Waals surface area contributed by atoms with E-state index in [9.17, 15) is 41.4 Å². The van der Waals surface area contributed by atoms with Crippen molar-refractivity contribution < 1.29 is 41.4 Å². The number of anilines is 2. The fraction of sp³-hybridized carbons (Fsp3) is 0.400. The van der Waals surface area contributed by atoms with Crippen LogP contribution >= 0.6 is 0 Å². The molecular weight excluding hydrogens is 564 g/mol. The van der Waals surface area contributed by atoms with Crippen molar-refractivity contribution in [2.45, 2.75) is 57.1 Å². The molecule has 1 saturated heterocycles. The molecule has 0 spiro atoms. The molecule has 1 fully saturated rings. The van der Waals surface area contributed by atoms with Gasteiger partial charge in [-0.05, 0) is 68.1 Å². The van der Waals surface area contributed by atoms with Crippen LogP contribution in [-0.4, -0.2) is 53.4 Å². The molecule has 0 saturated carbocycles. The summed E-state index contributed by atoms with van der Waals surface area (Å²) in [4.78, 5) is 21.3. The molecule has 226 valence electrons. The maximum atomic E-state index is 13.9. The Kier molecular flexibility index (Phi) is 8.36. The molecule has 1 aliphatic heterocycles. The van der Waals surface area contributed by atoms with E-state index in [4.69, 9.17) is 0 Å². The molecule has 0 radical (unpaired) electrons. The molecular formula is C30H31F6N3O3. The summed E-state index contributed by atoms with van der Waals surface area (Å²) in [6.45, 7) is 4.40. The molecule has 12 heteroatoms. The average molecular weight is 596 g/mol. The topological polar surface area (TPSA) is 76.9 Å². The second-order valence-electron chi connectivity index (χ2n) is 11.0. The lowest BCUT2D eigenvalue weighted by Crippen LogP contribution is -2.42. The number of β-amino-alcohol motifs (C(OH)–C–C–N with tert-alkyl or cyclic N) is 1. The second-order valence-corrected chi connectivity index (χ2v) is 11.0. The van der Waals surface area contributed by atoms with Gasteiger partial charge in [0, 0.05) is 19.2 Å². The first-order valence-electron chi connectivity index (χ1n) is 13.1. The minimum absolute atomic E-state index is 0.0294. The maximum Gasteiger partial charge on any atom is 0.416 e. The molecule has 1 aliphatic rings. The zero-order valence-corrected chi connectivity index (χ0v) is 23.4. The van der Waals surface area contributed by atoms with Gasteiger partial charge in [-0.3, -0.25) is 4.79 Å². The van der Waals surface area contributed by atoms with E-state index < -0.39 is 46.5 Å². The lowest BCUT2D eigenvalue weighted by Gasteiger charge is -2.32. The summed E-state index contributed by atoms with van der Waals surface area (Å²) >= 11 is 0.